The zero-order valence-electron chi connectivity index (χ0n) is 10.0. The van der Waals surface area contributed by atoms with Gasteiger partial charge >= 0.3 is 5.97 Å². The molecular weight excluding hydrogens is 216 g/mol. The van der Waals surface area contributed by atoms with Crippen LogP contribution in [0.25, 0.3) is 0 Å². The average Bonchev–Trinajstić information content (AvgIpc) is 2.28. The summed E-state index contributed by atoms with van der Waals surface area (Å²) in [5.74, 6) is -1.21. The molecule has 0 saturated heterocycles. The van der Waals surface area contributed by atoms with E-state index in [2.05, 4.69) is 6.08 Å². The number of rotatable bonds is 6. The maximum Gasteiger partial charge on any atom is 0.339 e. The Morgan fingerprint density at radius 3 is 2.76 bits per heavy atom. The predicted octanol–water partition coefficient (Wildman–Crippen LogP) is 3.38. The Morgan fingerprint density at radius 1 is 1.35 bits per heavy atom. The Morgan fingerprint density at radius 2 is 2.12 bits per heavy atom. The van der Waals surface area contributed by atoms with Crippen LogP contribution in [0.1, 0.15) is 42.1 Å². The summed E-state index contributed by atoms with van der Waals surface area (Å²) < 4.78 is 0. The maximum absolute atomic E-state index is 11.0. The summed E-state index contributed by atoms with van der Waals surface area (Å²) in [6.45, 7) is 1.98. The predicted molar refractivity (Wildman–Crippen MR) is 67.4 cm³/mol. The molecule has 0 amide bonds. The number of allylic oxidation sites excluding steroid dienone is 2. The van der Waals surface area contributed by atoms with E-state index in [1.807, 2.05) is 13.0 Å². The van der Waals surface area contributed by atoms with Crippen molar-refractivity contribution in [2.45, 2.75) is 32.6 Å². The first-order chi connectivity index (χ1) is 8.16. The van der Waals surface area contributed by atoms with E-state index in [-0.39, 0.29) is 11.3 Å². The lowest BCUT2D eigenvalue weighted by molar-refractivity contribution is 0.0692. The third kappa shape index (κ3) is 3.94. The minimum Gasteiger partial charge on any atom is -0.507 e. The van der Waals surface area contributed by atoms with Gasteiger partial charge in [-0.25, -0.2) is 4.79 Å². The molecule has 0 heterocycles. The number of aryl methyl sites for hydroxylation is 1. The summed E-state index contributed by atoms with van der Waals surface area (Å²) in [5.41, 5.74) is 0.747. The fraction of sp³-hybridized carbons (Fsp3) is 0.357. The third-order valence-corrected chi connectivity index (χ3v) is 2.65. The molecule has 2 N–H and O–H groups in total. The number of benzene rings is 1. The fourth-order valence-electron chi connectivity index (χ4n) is 1.79. The van der Waals surface area contributed by atoms with Crippen LogP contribution in [0.3, 0.4) is 0 Å². The quantitative estimate of drug-likeness (QED) is 0.586. The molecule has 0 unspecified atom stereocenters. The molecule has 3 nitrogen and oxygen atoms in total. The van der Waals surface area contributed by atoms with Crippen molar-refractivity contribution in [2.24, 2.45) is 0 Å². The van der Waals surface area contributed by atoms with E-state index in [0.29, 0.717) is 12.0 Å². The van der Waals surface area contributed by atoms with Gasteiger partial charge in [0.2, 0.25) is 0 Å². The van der Waals surface area contributed by atoms with Gasteiger partial charge in [-0.3, -0.25) is 0 Å². The highest BCUT2D eigenvalue weighted by Gasteiger charge is 2.14. The number of unbranched alkanes of at least 4 members (excludes halogenated alkanes) is 2. The summed E-state index contributed by atoms with van der Waals surface area (Å²) in [4.78, 5) is 11.0. The molecule has 0 bridgehead atoms. The lowest BCUT2D eigenvalue weighted by Gasteiger charge is -2.07. The molecule has 0 fully saturated rings. The summed E-state index contributed by atoms with van der Waals surface area (Å²) >= 11 is 0. The van der Waals surface area contributed by atoms with Crippen molar-refractivity contribution in [3.63, 3.8) is 0 Å². The van der Waals surface area contributed by atoms with Crippen LogP contribution in [0.5, 0.6) is 5.75 Å². The Balaban J connectivity index is 2.64. The number of hydrogen-bond donors (Lipinski definition) is 2. The number of phenols is 1. The Hall–Kier alpha value is -1.77. The van der Waals surface area contributed by atoms with Crippen LogP contribution in [0.15, 0.2) is 30.4 Å². The first kappa shape index (κ1) is 13.3. The molecule has 1 aromatic rings. The number of aromatic hydroxyl groups is 1. The lowest BCUT2D eigenvalue weighted by Crippen LogP contribution is -2.03. The normalized spacial score (nSPS) is 10.9. The zero-order valence-corrected chi connectivity index (χ0v) is 10.0. The van der Waals surface area contributed by atoms with Gasteiger partial charge in [0.15, 0.2) is 0 Å². The number of carboxylic acid groups (broad SMARTS) is 1. The van der Waals surface area contributed by atoms with Crippen LogP contribution in [0.4, 0.5) is 0 Å². The lowest BCUT2D eigenvalue weighted by atomic mass is 10.0. The van der Waals surface area contributed by atoms with Crippen molar-refractivity contribution in [3.05, 3.63) is 41.5 Å². The van der Waals surface area contributed by atoms with Gasteiger partial charge in [-0.2, -0.15) is 0 Å². The molecule has 0 aliphatic carbocycles. The molecule has 0 aliphatic rings. The van der Waals surface area contributed by atoms with Gasteiger partial charge < -0.3 is 10.2 Å². The van der Waals surface area contributed by atoms with E-state index in [1.54, 1.807) is 12.1 Å². The molecule has 1 rings (SSSR count). The van der Waals surface area contributed by atoms with Gasteiger partial charge in [0, 0.05) is 0 Å². The minimum absolute atomic E-state index is 0.0403. The van der Waals surface area contributed by atoms with Crippen LogP contribution in [-0.2, 0) is 6.42 Å². The van der Waals surface area contributed by atoms with E-state index in [4.69, 9.17) is 5.11 Å². The van der Waals surface area contributed by atoms with Crippen LogP contribution in [-0.4, -0.2) is 16.2 Å². The standard InChI is InChI=1S/C14H18O3/c1-2-3-4-5-6-8-11-9-7-10-12(15)13(11)14(16)17/h2-3,7,9-10,15H,4-6,8H2,1H3,(H,16,17)/b3-2+. The van der Waals surface area contributed by atoms with E-state index in [1.165, 1.54) is 6.07 Å². The van der Waals surface area contributed by atoms with Crippen molar-refractivity contribution >= 4 is 5.97 Å². The van der Waals surface area contributed by atoms with E-state index >= 15 is 0 Å². The van der Waals surface area contributed by atoms with Crippen LogP contribution >= 0.6 is 0 Å². The minimum atomic E-state index is -1.06. The second-order valence-electron chi connectivity index (χ2n) is 3.93. The second kappa shape index (κ2) is 6.74. The van der Waals surface area contributed by atoms with E-state index in [0.717, 1.165) is 19.3 Å². The SMILES string of the molecule is C/C=C/CCCCc1cccc(O)c1C(=O)O. The van der Waals surface area contributed by atoms with Gasteiger partial charge in [0.05, 0.1) is 0 Å². The smallest absolute Gasteiger partial charge is 0.339 e. The Labute approximate surface area is 101 Å². The molecule has 0 saturated carbocycles. The molecule has 0 aliphatic heterocycles. The highest BCUT2D eigenvalue weighted by molar-refractivity contribution is 5.92. The van der Waals surface area contributed by atoms with E-state index < -0.39 is 5.97 Å². The van der Waals surface area contributed by atoms with Crippen LogP contribution in [0, 0.1) is 0 Å². The van der Waals surface area contributed by atoms with Crippen molar-refractivity contribution in [1.29, 1.82) is 0 Å². The molecule has 3 heteroatoms. The van der Waals surface area contributed by atoms with Crippen molar-refractivity contribution in [3.8, 4) is 5.75 Å². The molecular formula is C14H18O3. The van der Waals surface area contributed by atoms with Gasteiger partial charge in [-0.15, -0.1) is 0 Å². The Kier molecular flexibility index (Phi) is 5.27. The molecule has 0 radical (unpaired) electrons. The first-order valence-corrected chi connectivity index (χ1v) is 5.82. The summed E-state index contributed by atoms with van der Waals surface area (Å²) in [7, 11) is 0. The van der Waals surface area contributed by atoms with E-state index in [9.17, 15) is 9.90 Å². The number of aromatic carboxylic acids is 1. The number of hydrogen-bond acceptors (Lipinski definition) is 2. The number of carbonyl (C=O) groups is 1. The third-order valence-electron chi connectivity index (χ3n) is 2.65. The summed E-state index contributed by atoms with van der Waals surface area (Å²) in [6.07, 6.45) is 7.76. The summed E-state index contributed by atoms with van der Waals surface area (Å²) in [5, 5.41) is 18.5. The summed E-state index contributed by atoms with van der Waals surface area (Å²) in [6, 6.07) is 4.86. The van der Waals surface area contributed by atoms with Crippen molar-refractivity contribution in [1.82, 2.24) is 0 Å². The van der Waals surface area contributed by atoms with Gasteiger partial charge in [-0.1, -0.05) is 24.3 Å². The fourth-order valence-corrected chi connectivity index (χ4v) is 1.79. The molecule has 0 atom stereocenters. The second-order valence-corrected chi connectivity index (χ2v) is 3.93. The van der Waals surface area contributed by atoms with Gasteiger partial charge in [0.25, 0.3) is 0 Å². The molecule has 92 valence electrons. The largest absolute Gasteiger partial charge is 0.507 e. The topological polar surface area (TPSA) is 57.5 Å². The van der Waals surface area contributed by atoms with Gasteiger partial charge in [-0.05, 0) is 44.2 Å². The molecule has 0 aromatic heterocycles. The zero-order chi connectivity index (χ0) is 12.7. The van der Waals surface area contributed by atoms with Crippen molar-refractivity contribution in [2.75, 3.05) is 0 Å². The first-order valence-electron chi connectivity index (χ1n) is 5.82. The highest BCUT2D eigenvalue weighted by Crippen LogP contribution is 2.22. The average molecular weight is 234 g/mol. The van der Waals surface area contributed by atoms with Crippen LogP contribution < -0.4 is 0 Å². The molecule has 1 aromatic carbocycles. The maximum atomic E-state index is 11.0. The Bertz CT molecular complexity index is 408. The monoisotopic (exact) mass is 234 g/mol. The molecule has 17 heavy (non-hydrogen) atoms. The molecule has 0 spiro atoms. The van der Waals surface area contributed by atoms with Gasteiger partial charge in [0.1, 0.15) is 11.3 Å². The number of carboxylic acids is 1. The van der Waals surface area contributed by atoms with Crippen LogP contribution in [0.2, 0.25) is 0 Å². The highest BCUT2D eigenvalue weighted by atomic mass is 16.4. The van der Waals surface area contributed by atoms with Crippen molar-refractivity contribution < 1.29 is 15.0 Å².